The van der Waals surface area contributed by atoms with Crippen LogP contribution in [0.3, 0.4) is 0 Å². The standard InChI is InChI=1S/C19H22OSi/c1-4-16(19(20)17-11-7-5-8-12-17)15-21(2,3)18-13-9-6-10-14-18/h4-15,19-20H,1H2,2-3H3/b16-15+. The maximum absolute atomic E-state index is 10.6. The van der Waals surface area contributed by atoms with Crippen LogP contribution < -0.4 is 5.19 Å². The van der Waals surface area contributed by atoms with Crippen LogP contribution in [0.2, 0.25) is 13.1 Å². The highest BCUT2D eigenvalue weighted by Gasteiger charge is 2.22. The number of hydrogen-bond acceptors (Lipinski definition) is 1. The molecule has 0 aliphatic heterocycles. The van der Waals surface area contributed by atoms with Gasteiger partial charge in [-0.15, -0.1) is 0 Å². The first-order chi connectivity index (χ1) is 10.0. The Balaban J connectivity index is 2.34. The van der Waals surface area contributed by atoms with E-state index < -0.39 is 14.2 Å². The predicted molar refractivity (Wildman–Crippen MR) is 93.2 cm³/mol. The fourth-order valence-corrected chi connectivity index (χ4v) is 4.77. The SMILES string of the molecule is C=C/C(=C\[Si](C)(C)c1ccccc1)C(O)c1ccccc1. The van der Waals surface area contributed by atoms with Crippen molar-refractivity contribution >= 4 is 13.3 Å². The van der Waals surface area contributed by atoms with E-state index in [-0.39, 0.29) is 0 Å². The molecule has 0 amide bonds. The van der Waals surface area contributed by atoms with Crippen LogP contribution >= 0.6 is 0 Å². The van der Waals surface area contributed by atoms with Crippen LogP contribution in [-0.2, 0) is 0 Å². The molecule has 1 N–H and O–H groups in total. The number of aliphatic hydroxyl groups excluding tert-OH is 1. The molecule has 0 spiro atoms. The summed E-state index contributed by atoms with van der Waals surface area (Å²) < 4.78 is 0. The molecule has 0 radical (unpaired) electrons. The van der Waals surface area contributed by atoms with Crippen LogP contribution in [0.4, 0.5) is 0 Å². The summed E-state index contributed by atoms with van der Waals surface area (Å²) in [5.41, 5.74) is 4.02. The van der Waals surface area contributed by atoms with E-state index in [1.165, 1.54) is 5.19 Å². The van der Waals surface area contributed by atoms with E-state index in [0.717, 1.165) is 11.1 Å². The van der Waals surface area contributed by atoms with Gasteiger partial charge < -0.3 is 5.11 Å². The Bertz CT molecular complexity index is 615. The lowest BCUT2D eigenvalue weighted by Gasteiger charge is -2.22. The van der Waals surface area contributed by atoms with Crippen molar-refractivity contribution in [3.05, 3.63) is 90.2 Å². The molecule has 0 aromatic heterocycles. The Labute approximate surface area is 128 Å². The highest BCUT2D eigenvalue weighted by molar-refractivity contribution is 6.94. The monoisotopic (exact) mass is 294 g/mol. The molecule has 0 aliphatic carbocycles. The van der Waals surface area contributed by atoms with Gasteiger partial charge in [0.05, 0.1) is 0 Å². The summed E-state index contributed by atoms with van der Waals surface area (Å²) in [7, 11) is -1.75. The van der Waals surface area contributed by atoms with Crippen molar-refractivity contribution in [2.45, 2.75) is 19.2 Å². The van der Waals surface area contributed by atoms with Gasteiger partial charge in [-0.1, -0.05) is 97.3 Å². The second-order valence-electron chi connectivity index (χ2n) is 5.75. The van der Waals surface area contributed by atoms with Crippen molar-refractivity contribution in [2.75, 3.05) is 0 Å². The second-order valence-corrected chi connectivity index (χ2v) is 10.1. The fraction of sp³-hybridized carbons (Fsp3) is 0.158. The summed E-state index contributed by atoms with van der Waals surface area (Å²) in [5, 5.41) is 11.9. The molecule has 2 heteroatoms. The van der Waals surface area contributed by atoms with Crippen LogP contribution in [-0.4, -0.2) is 13.2 Å². The van der Waals surface area contributed by atoms with E-state index in [2.05, 4.69) is 49.6 Å². The lowest BCUT2D eigenvalue weighted by atomic mass is 10.0. The molecule has 2 aromatic rings. The Morgan fingerprint density at radius 1 is 1.00 bits per heavy atom. The second kappa shape index (κ2) is 6.70. The molecular weight excluding hydrogens is 272 g/mol. The first-order valence-corrected chi connectivity index (χ1v) is 10.3. The van der Waals surface area contributed by atoms with E-state index >= 15 is 0 Å². The van der Waals surface area contributed by atoms with Crippen molar-refractivity contribution < 1.29 is 5.11 Å². The molecule has 0 saturated carbocycles. The topological polar surface area (TPSA) is 20.2 Å². The molecule has 0 aliphatic rings. The molecule has 21 heavy (non-hydrogen) atoms. The lowest BCUT2D eigenvalue weighted by molar-refractivity contribution is 0.220. The van der Waals surface area contributed by atoms with Gasteiger partial charge in [-0.25, -0.2) is 0 Å². The van der Waals surface area contributed by atoms with Gasteiger partial charge >= 0.3 is 0 Å². The van der Waals surface area contributed by atoms with Crippen LogP contribution in [0, 0.1) is 0 Å². The smallest absolute Gasteiger partial charge is 0.104 e. The Morgan fingerprint density at radius 2 is 1.52 bits per heavy atom. The quantitative estimate of drug-likeness (QED) is 0.653. The van der Waals surface area contributed by atoms with E-state index in [9.17, 15) is 5.11 Å². The van der Waals surface area contributed by atoms with Crippen LogP contribution in [0.25, 0.3) is 0 Å². The summed E-state index contributed by atoms with van der Waals surface area (Å²) >= 11 is 0. The van der Waals surface area contributed by atoms with Crippen LogP contribution in [0.5, 0.6) is 0 Å². The predicted octanol–water partition coefficient (Wildman–Crippen LogP) is 3.99. The summed E-state index contributed by atoms with van der Waals surface area (Å²) in [5.74, 6) is 0. The molecule has 108 valence electrons. The maximum atomic E-state index is 10.6. The average molecular weight is 294 g/mol. The molecule has 2 rings (SSSR count). The Morgan fingerprint density at radius 3 is 2.05 bits per heavy atom. The molecule has 2 aromatic carbocycles. The minimum absolute atomic E-state index is 0.612. The van der Waals surface area contributed by atoms with E-state index in [4.69, 9.17) is 0 Å². The van der Waals surface area contributed by atoms with Crippen molar-refractivity contribution in [2.24, 2.45) is 0 Å². The minimum atomic E-state index is -1.75. The maximum Gasteiger partial charge on any atom is 0.104 e. The first-order valence-electron chi connectivity index (χ1n) is 7.18. The summed E-state index contributed by atoms with van der Waals surface area (Å²) in [4.78, 5) is 0. The summed E-state index contributed by atoms with van der Waals surface area (Å²) in [6.07, 6.45) is 1.16. The summed E-state index contributed by atoms with van der Waals surface area (Å²) in [6.45, 7) is 8.44. The van der Waals surface area contributed by atoms with E-state index in [0.29, 0.717) is 0 Å². The zero-order valence-electron chi connectivity index (χ0n) is 12.7. The number of aliphatic hydroxyl groups is 1. The third-order valence-corrected chi connectivity index (χ3v) is 6.59. The normalized spacial score (nSPS) is 13.8. The van der Waals surface area contributed by atoms with Crippen LogP contribution in [0.1, 0.15) is 11.7 Å². The van der Waals surface area contributed by atoms with Crippen molar-refractivity contribution in [1.29, 1.82) is 0 Å². The third-order valence-electron chi connectivity index (χ3n) is 3.71. The van der Waals surface area contributed by atoms with E-state index in [1.54, 1.807) is 6.08 Å². The molecule has 1 atom stereocenters. The first kappa shape index (κ1) is 15.5. The minimum Gasteiger partial charge on any atom is -0.384 e. The van der Waals surface area contributed by atoms with Gasteiger partial charge in [-0.05, 0) is 11.1 Å². The Hall–Kier alpha value is -1.90. The summed E-state index contributed by atoms with van der Waals surface area (Å²) in [6, 6.07) is 20.2. The highest BCUT2D eigenvalue weighted by Crippen LogP contribution is 2.24. The van der Waals surface area contributed by atoms with Crippen LogP contribution in [0.15, 0.2) is 84.6 Å². The van der Waals surface area contributed by atoms with Gasteiger partial charge in [-0.3, -0.25) is 0 Å². The van der Waals surface area contributed by atoms with Crippen molar-refractivity contribution in [1.82, 2.24) is 0 Å². The largest absolute Gasteiger partial charge is 0.384 e. The van der Waals surface area contributed by atoms with Crippen molar-refractivity contribution in [3.8, 4) is 0 Å². The lowest BCUT2D eigenvalue weighted by Crippen LogP contribution is -2.40. The molecule has 0 heterocycles. The fourth-order valence-electron chi connectivity index (χ4n) is 2.44. The molecular formula is C19H22OSi. The molecule has 0 bridgehead atoms. The number of rotatable bonds is 5. The molecule has 1 nitrogen and oxygen atoms in total. The van der Waals surface area contributed by atoms with Gasteiger partial charge in [0.15, 0.2) is 0 Å². The van der Waals surface area contributed by atoms with E-state index in [1.807, 2.05) is 36.4 Å². The molecule has 0 saturated heterocycles. The van der Waals surface area contributed by atoms with Gasteiger partial charge in [0.25, 0.3) is 0 Å². The zero-order valence-corrected chi connectivity index (χ0v) is 13.7. The third kappa shape index (κ3) is 3.81. The number of hydrogen-bond donors (Lipinski definition) is 1. The number of benzene rings is 2. The highest BCUT2D eigenvalue weighted by atomic mass is 28.3. The molecule has 1 unspecified atom stereocenters. The van der Waals surface area contributed by atoms with Gasteiger partial charge in [0.1, 0.15) is 14.2 Å². The average Bonchev–Trinajstić information content (AvgIpc) is 2.53. The van der Waals surface area contributed by atoms with Gasteiger partial charge in [-0.2, -0.15) is 0 Å². The molecule has 0 fully saturated rings. The van der Waals surface area contributed by atoms with Gasteiger partial charge in [0.2, 0.25) is 0 Å². The zero-order chi connectivity index (χ0) is 15.3. The van der Waals surface area contributed by atoms with Gasteiger partial charge in [0, 0.05) is 0 Å². The van der Waals surface area contributed by atoms with Crippen molar-refractivity contribution in [3.63, 3.8) is 0 Å². The Kier molecular flexibility index (Phi) is 4.94.